The summed E-state index contributed by atoms with van der Waals surface area (Å²) >= 11 is 0. The van der Waals surface area contributed by atoms with Crippen LogP contribution >= 0.6 is 0 Å². The Morgan fingerprint density at radius 1 is 0.931 bits per heavy atom. The van der Waals surface area contributed by atoms with Crippen LogP contribution in [0, 0.1) is 0 Å². The molecule has 0 aliphatic carbocycles. The smallest absolute Gasteiger partial charge is 0.161 e. The minimum absolute atomic E-state index is 0.298. The molecule has 1 aromatic heterocycles. The molecule has 5 nitrogen and oxygen atoms in total. The van der Waals surface area contributed by atoms with Crippen molar-refractivity contribution in [2.45, 2.75) is 45.2 Å². The van der Waals surface area contributed by atoms with Crippen molar-refractivity contribution in [2.75, 3.05) is 26.8 Å². The second-order valence-electron chi connectivity index (χ2n) is 7.74. The van der Waals surface area contributed by atoms with Gasteiger partial charge in [-0.05, 0) is 57.1 Å². The predicted molar refractivity (Wildman–Crippen MR) is 117 cm³/mol. The summed E-state index contributed by atoms with van der Waals surface area (Å²) in [6.07, 6.45) is 5.24. The van der Waals surface area contributed by atoms with E-state index in [4.69, 9.17) is 14.5 Å². The van der Waals surface area contributed by atoms with Crippen LogP contribution in [0.3, 0.4) is 0 Å². The average molecular weight is 394 g/mol. The van der Waals surface area contributed by atoms with Gasteiger partial charge in [-0.15, -0.1) is 0 Å². The third-order valence-electron chi connectivity index (χ3n) is 5.89. The number of imidazole rings is 1. The molecule has 3 aromatic rings. The van der Waals surface area contributed by atoms with E-state index in [0.29, 0.717) is 12.6 Å². The number of benzene rings is 2. The van der Waals surface area contributed by atoms with Crippen molar-refractivity contribution in [3.05, 3.63) is 54.4 Å². The number of hydrogen-bond acceptors (Lipinski definition) is 4. The summed E-state index contributed by atoms with van der Waals surface area (Å²) in [4.78, 5) is 7.61. The first-order chi connectivity index (χ1) is 14.3. The van der Waals surface area contributed by atoms with Gasteiger partial charge < -0.3 is 14.0 Å². The molecule has 0 N–H and O–H groups in total. The summed E-state index contributed by atoms with van der Waals surface area (Å²) in [6.45, 7) is 5.93. The first-order valence-corrected chi connectivity index (χ1v) is 10.7. The molecule has 0 spiro atoms. The molecule has 0 saturated carbocycles. The van der Waals surface area contributed by atoms with Crippen molar-refractivity contribution in [1.29, 1.82) is 0 Å². The fraction of sp³-hybridized carbons (Fsp3) is 0.458. The standard InChI is InChI=1S/C24H31N3O2/c1-19(26-15-9-3-4-10-16-26)24-25-20-11-5-6-12-21(20)27(24)17-18-29-23-14-8-7-13-22(23)28-2/h5-8,11-14,19H,3-4,9-10,15-18H2,1-2H3/t19-/m1/s1. The molecule has 1 atom stereocenters. The van der Waals surface area contributed by atoms with Gasteiger partial charge in [-0.2, -0.15) is 0 Å². The highest BCUT2D eigenvalue weighted by Crippen LogP contribution is 2.28. The SMILES string of the molecule is COc1ccccc1OCCn1c([C@@H](C)N2CCCCCC2)nc2ccccc21. The van der Waals surface area contributed by atoms with Crippen LogP contribution in [0.25, 0.3) is 11.0 Å². The van der Waals surface area contributed by atoms with E-state index < -0.39 is 0 Å². The van der Waals surface area contributed by atoms with Gasteiger partial charge in [0.05, 0.1) is 30.7 Å². The topological polar surface area (TPSA) is 39.5 Å². The van der Waals surface area contributed by atoms with Gasteiger partial charge in [0.2, 0.25) is 0 Å². The van der Waals surface area contributed by atoms with Gasteiger partial charge in [-0.25, -0.2) is 4.98 Å². The molecule has 4 rings (SSSR count). The zero-order chi connectivity index (χ0) is 20.1. The lowest BCUT2D eigenvalue weighted by atomic mass is 10.2. The molecule has 2 aromatic carbocycles. The molecule has 5 heteroatoms. The number of ether oxygens (including phenoxy) is 2. The van der Waals surface area contributed by atoms with E-state index in [-0.39, 0.29) is 0 Å². The summed E-state index contributed by atoms with van der Waals surface area (Å²) in [5, 5.41) is 0. The van der Waals surface area contributed by atoms with E-state index >= 15 is 0 Å². The predicted octanol–water partition coefficient (Wildman–Crippen LogP) is 5.06. The fourth-order valence-electron chi connectivity index (χ4n) is 4.28. The monoisotopic (exact) mass is 393 g/mol. The zero-order valence-electron chi connectivity index (χ0n) is 17.5. The Labute approximate surface area is 173 Å². The van der Waals surface area contributed by atoms with Crippen LogP contribution < -0.4 is 9.47 Å². The van der Waals surface area contributed by atoms with Crippen molar-refractivity contribution in [3.8, 4) is 11.5 Å². The normalized spacial score (nSPS) is 16.5. The molecule has 2 heterocycles. The number of fused-ring (bicyclic) bond motifs is 1. The van der Waals surface area contributed by atoms with Crippen molar-refractivity contribution >= 4 is 11.0 Å². The summed E-state index contributed by atoms with van der Waals surface area (Å²) in [5.41, 5.74) is 2.23. The largest absolute Gasteiger partial charge is 0.493 e. The van der Waals surface area contributed by atoms with Crippen LogP contribution in [-0.2, 0) is 6.54 Å². The molecule has 1 saturated heterocycles. The van der Waals surface area contributed by atoms with E-state index in [1.165, 1.54) is 31.2 Å². The van der Waals surface area contributed by atoms with Gasteiger partial charge in [0.15, 0.2) is 11.5 Å². The van der Waals surface area contributed by atoms with Gasteiger partial charge in [0, 0.05) is 0 Å². The number of nitrogens with zero attached hydrogens (tertiary/aromatic N) is 3. The van der Waals surface area contributed by atoms with Crippen molar-refractivity contribution in [1.82, 2.24) is 14.5 Å². The van der Waals surface area contributed by atoms with E-state index in [1.807, 2.05) is 24.3 Å². The molecular weight excluding hydrogens is 362 g/mol. The maximum Gasteiger partial charge on any atom is 0.161 e. The lowest BCUT2D eigenvalue weighted by Gasteiger charge is -2.27. The number of para-hydroxylation sites is 4. The van der Waals surface area contributed by atoms with Crippen molar-refractivity contribution in [2.24, 2.45) is 0 Å². The summed E-state index contributed by atoms with van der Waals surface area (Å²) in [7, 11) is 1.67. The third kappa shape index (κ3) is 4.40. The maximum atomic E-state index is 6.06. The van der Waals surface area contributed by atoms with E-state index in [2.05, 4.69) is 40.7 Å². The number of rotatable bonds is 7. The van der Waals surface area contributed by atoms with Gasteiger partial charge in [-0.3, -0.25) is 4.90 Å². The fourth-order valence-corrected chi connectivity index (χ4v) is 4.28. The summed E-state index contributed by atoms with van der Waals surface area (Å²) in [6, 6.07) is 16.5. The molecule has 0 unspecified atom stereocenters. The van der Waals surface area contributed by atoms with Crippen LogP contribution in [0.15, 0.2) is 48.5 Å². The quantitative estimate of drug-likeness (QED) is 0.562. The molecule has 1 aliphatic rings. The van der Waals surface area contributed by atoms with E-state index in [0.717, 1.165) is 42.5 Å². The van der Waals surface area contributed by atoms with E-state index in [9.17, 15) is 0 Å². The molecule has 0 bridgehead atoms. The molecule has 1 aliphatic heterocycles. The minimum atomic E-state index is 0.298. The Balaban J connectivity index is 1.56. The Bertz CT molecular complexity index is 929. The Kier molecular flexibility index (Phi) is 6.35. The van der Waals surface area contributed by atoms with Gasteiger partial charge in [0.25, 0.3) is 0 Å². The first-order valence-electron chi connectivity index (χ1n) is 10.7. The highest BCUT2D eigenvalue weighted by molar-refractivity contribution is 5.76. The number of methoxy groups -OCH3 is 1. The second kappa shape index (κ2) is 9.31. The van der Waals surface area contributed by atoms with Crippen LogP contribution in [0.5, 0.6) is 11.5 Å². The average Bonchev–Trinajstić information content (AvgIpc) is 2.92. The Morgan fingerprint density at radius 2 is 1.62 bits per heavy atom. The van der Waals surface area contributed by atoms with Crippen LogP contribution in [0.2, 0.25) is 0 Å². The molecule has 0 amide bonds. The molecule has 154 valence electrons. The lowest BCUT2D eigenvalue weighted by Crippen LogP contribution is -2.30. The number of aromatic nitrogens is 2. The van der Waals surface area contributed by atoms with Crippen LogP contribution in [-0.4, -0.2) is 41.3 Å². The van der Waals surface area contributed by atoms with Crippen molar-refractivity contribution in [3.63, 3.8) is 0 Å². The zero-order valence-corrected chi connectivity index (χ0v) is 17.5. The summed E-state index contributed by atoms with van der Waals surface area (Å²) in [5.74, 6) is 2.68. The van der Waals surface area contributed by atoms with Gasteiger partial charge in [0.1, 0.15) is 12.4 Å². The number of likely N-dealkylation sites (tertiary alicyclic amines) is 1. The minimum Gasteiger partial charge on any atom is -0.493 e. The van der Waals surface area contributed by atoms with E-state index in [1.54, 1.807) is 7.11 Å². The van der Waals surface area contributed by atoms with Gasteiger partial charge >= 0.3 is 0 Å². The first kappa shape index (κ1) is 19.8. The Hall–Kier alpha value is -2.53. The second-order valence-corrected chi connectivity index (χ2v) is 7.74. The molecule has 29 heavy (non-hydrogen) atoms. The molecular formula is C24H31N3O2. The van der Waals surface area contributed by atoms with Gasteiger partial charge in [-0.1, -0.05) is 37.1 Å². The maximum absolute atomic E-state index is 6.06. The van der Waals surface area contributed by atoms with Crippen LogP contribution in [0.1, 0.15) is 44.5 Å². The highest BCUT2D eigenvalue weighted by Gasteiger charge is 2.23. The summed E-state index contributed by atoms with van der Waals surface area (Å²) < 4.78 is 13.8. The lowest BCUT2D eigenvalue weighted by molar-refractivity contribution is 0.204. The molecule has 0 radical (unpaired) electrons. The highest BCUT2D eigenvalue weighted by atomic mass is 16.5. The third-order valence-corrected chi connectivity index (χ3v) is 5.89. The Morgan fingerprint density at radius 3 is 2.38 bits per heavy atom. The number of hydrogen-bond donors (Lipinski definition) is 0. The molecule has 1 fully saturated rings. The van der Waals surface area contributed by atoms with Crippen LogP contribution in [0.4, 0.5) is 0 Å². The van der Waals surface area contributed by atoms with Crippen molar-refractivity contribution < 1.29 is 9.47 Å².